The van der Waals surface area contributed by atoms with Crippen molar-refractivity contribution < 1.29 is 18.0 Å². The van der Waals surface area contributed by atoms with Crippen molar-refractivity contribution in [2.45, 2.75) is 19.1 Å². The van der Waals surface area contributed by atoms with Gasteiger partial charge in [-0.2, -0.15) is 13.2 Å². The van der Waals surface area contributed by atoms with Crippen LogP contribution in [0.3, 0.4) is 0 Å². The topological polar surface area (TPSA) is 64.0 Å². The van der Waals surface area contributed by atoms with Crippen LogP contribution in [-0.2, 0) is 11.0 Å². The van der Waals surface area contributed by atoms with Crippen LogP contribution < -0.4 is 10.9 Å². The highest BCUT2D eigenvalue weighted by Crippen LogP contribution is 2.29. The van der Waals surface area contributed by atoms with Gasteiger partial charge in [0.1, 0.15) is 6.04 Å². The molecule has 134 valence electrons. The molecule has 0 aliphatic carbocycles. The third kappa shape index (κ3) is 3.44. The Bertz CT molecular complexity index is 1010. The van der Waals surface area contributed by atoms with Gasteiger partial charge in [0.25, 0.3) is 5.56 Å². The van der Waals surface area contributed by atoms with Gasteiger partial charge in [0.05, 0.1) is 22.8 Å². The van der Waals surface area contributed by atoms with Crippen molar-refractivity contribution in [3.05, 3.63) is 70.8 Å². The minimum absolute atomic E-state index is 0.205. The van der Waals surface area contributed by atoms with E-state index in [1.807, 2.05) is 0 Å². The van der Waals surface area contributed by atoms with E-state index in [0.717, 1.165) is 24.3 Å². The molecule has 0 aliphatic heterocycles. The molecule has 0 aliphatic rings. The quantitative estimate of drug-likeness (QED) is 0.775. The number of aromatic nitrogens is 2. The summed E-state index contributed by atoms with van der Waals surface area (Å²) in [6.45, 7) is 1.51. The van der Waals surface area contributed by atoms with E-state index in [2.05, 4.69) is 10.3 Å². The van der Waals surface area contributed by atoms with E-state index < -0.39 is 23.7 Å². The fourth-order valence-corrected chi connectivity index (χ4v) is 2.47. The smallest absolute Gasteiger partial charge is 0.324 e. The molecule has 0 unspecified atom stereocenters. The van der Waals surface area contributed by atoms with Crippen LogP contribution in [0.4, 0.5) is 18.9 Å². The van der Waals surface area contributed by atoms with Gasteiger partial charge in [-0.1, -0.05) is 12.1 Å². The lowest BCUT2D eigenvalue weighted by Crippen LogP contribution is -2.31. The van der Waals surface area contributed by atoms with E-state index in [4.69, 9.17) is 0 Å². The third-order valence-corrected chi connectivity index (χ3v) is 3.97. The first kappa shape index (κ1) is 17.7. The van der Waals surface area contributed by atoms with Crippen LogP contribution in [0.25, 0.3) is 10.9 Å². The molecule has 1 N–H and O–H groups in total. The fourth-order valence-electron chi connectivity index (χ4n) is 2.47. The molecular weight excluding hydrogens is 347 g/mol. The van der Waals surface area contributed by atoms with Gasteiger partial charge in [-0.25, -0.2) is 4.98 Å². The molecule has 5 nitrogen and oxygen atoms in total. The lowest BCUT2D eigenvalue weighted by molar-refractivity contribution is -0.137. The molecular formula is C18H14F3N3O2. The minimum atomic E-state index is -4.44. The Morgan fingerprint density at radius 3 is 2.42 bits per heavy atom. The second-order valence-electron chi connectivity index (χ2n) is 5.71. The van der Waals surface area contributed by atoms with Crippen molar-refractivity contribution in [2.75, 3.05) is 5.32 Å². The summed E-state index contributed by atoms with van der Waals surface area (Å²) < 4.78 is 38.9. The summed E-state index contributed by atoms with van der Waals surface area (Å²) in [4.78, 5) is 29.0. The van der Waals surface area contributed by atoms with E-state index in [1.54, 1.807) is 24.3 Å². The molecule has 0 saturated heterocycles. The molecule has 3 aromatic rings. The van der Waals surface area contributed by atoms with Gasteiger partial charge in [-0.3, -0.25) is 14.2 Å². The summed E-state index contributed by atoms with van der Waals surface area (Å²) in [6.07, 6.45) is -3.17. The summed E-state index contributed by atoms with van der Waals surface area (Å²) in [5.41, 5.74) is -0.454. The largest absolute Gasteiger partial charge is 0.416 e. The number of hydrogen-bond acceptors (Lipinski definition) is 3. The number of alkyl halides is 3. The predicted molar refractivity (Wildman–Crippen MR) is 90.8 cm³/mol. The van der Waals surface area contributed by atoms with Crippen molar-refractivity contribution in [3.8, 4) is 0 Å². The van der Waals surface area contributed by atoms with Crippen molar-refractivity contribution in [1.82, 2.24) is 9.55 Å². The van der Waals surface area contributed by atoms with Gasteiger partial charge in [-0.15, -0.1) is 0 Å². The molecule has 0 fully saturated rings. The maximum absolute atomic E-state index is 12.6. The van der Waals surface area contributed by atoms with Gasteiger partial charge >= 0.3 is 6.18 Å². The number of carbonyl (C=O) groups is 1. The Kier molecular flexibility index (Phi) is 4.50. The molecule has 1 amide bonds. The van der Waals surface area contributed by atoms with Crippen LogP contribution in [-0.4, -0.2) is 15.5 Å². The zero-order chi connectivity index (χ0) is 18.9. The van der Waals surface area contributed by atoms with Crippen LogP contribution in [0.1, 0.15) is 18.5 Å². The molecule has 1 aromatic heterocycles. The summed E-state index contributed by atoms with van der Waals surface area (Å²) in [5, 5.41) is 2.88. The number of nitrogens with one attached hydrogen (secondary N) is 1. The zero-order valence-electron chi connectivity index (χ0n) is 13.6. The first-order chi connectivity index (χ1) is 12.3. The first-order valence-electron chi connectivity index (χ1n) is 7.71. The first-order valence-corrected chi connectivity index (χ1v) is 7.71. The highest BCUT2D eigenvalue weighted by atomic mass is 19.4. The molecule has 3 rings (SSSR count). The highest BCUT2D eigenvalue weighted by molar-refractivity contribution is 5.93. The van der Waals surface area contributed by atoms with Crippen molar-refractivity contribution in [3.63, 3.8) is 0 Å². The van der Waals surface area contributed by atoms with Crippen LogP contribution in [0.2, 0.25) is 0 Å². The van der Waals surface area contributed by atoms with E-state index in [-0.39, 0.29) is 11.2 Å². The number of fused-ring (bicyclic) bond motifs is 1. The Labute approximate surface area is 146 Å². The van der Waals surface area contributed by atoms with Crippen LogP contribution in [0.5, 0.6) is 0 Å². The SMILES string of the molecule is C[C@@H](C(=O)Nc1ccc(C(F)(F)F)cc1)n1cnc2ccccc2c1=O. The fraction of sp³-hybridized carbons (Fsp3) is 0.167. The molecule has 26 heavy (non-hydrogen) atoms. The Hall–Kier alpha value is -3.16. The molecule has 0 saturated carbocycles. The number of benzene rings is 2. The van der Waals surface area contributed by atoms with Gasteiger partial charge in [-0.05, 0) is 43.3 Å². The Morgan fingerprint density at radius 1 is 1.12 bits per heavy atom. The molecule has 0 radical (unpaired) electrons. The van der Waals surface area contributed by atoms with E-state index in [0.29, 0.717) is 10.9 Å². The highest BCUT2D eigenvalue weighted by Gasteiger charge is 2.30. The number of anilines is 1. The second-order valence-corrected chi connectivity index (χ2v) is 5.71. The van der Waals surface area contributed by atoms with Gasteiger partial charge in [0.2, 0.25) is 5.91 Å². The maximum atomic E-state index is 12.6. The standard InChI is InChI=1S/C18H14F3N3O2/c1-11(24-10-22-15-5-3-2-4-14(15)17(24)26)16(25)23-13-8-6-12(7-9-13)18(19,20)21/h2-11H,1H3,(H,23,25)/t11-/m0/s1. The molecule has 1 atom stereocenters. The third-order valence-electron chi connectivity index (χ3n) is 3.97. The average Bonchev–Trinajstić information content (AvgIpc) is 2.61. The van der Waals surface area contributed by atoms with Crippen LogP contribution in [0.15, 0.2) is 59.7 Å². The number of amides is 1. The van der Waals surface area contributed by atoms with E-state index in [9.17, 15) is 22.8 Å². The Balaban J connectivity index is 1.82. The van der Waals surface area contributed by atoms with Gasteiger partial charge in [0.15, 0.2) is 0 Å². The van der Waals surface area contributed by atoms with Crippen molar-refractivity contribution in [1.29, 1.82) is 0 Å². The maximum Gasteiger partial charge on any atom is 0.416 e. The number of nitrogens with zero attached hydrogens (tertiary/aromatic N) is 2. The van der Waals surface area contributed by atoms with Crippen LogP contribution in [0, 0.1) is 0 Å². The lowest BCUT2D eigenvalue weighted by atomic mass is 10.2. The molecule has 0 bridgehead atoms. The minimum Gasteiger partial charge on any atom is -0.324 e. The Morgan fingerprint density at radius 2 is 1.77 bits per heavy atom. The zero-order valence-corrected chi connectivity index (χ0v) is 13.6. The van der Waals surface area contributed by atoms with E-state index >= 15 is 0 Å². The number of rotatable bonds is 3. The predicted octanol–water partition coefficient (Wildman–Crippen LogP) is 3.62. The summed E-state index contributed by atoms with van der Waals surface area (Å²) >= 11 is 0. The second kappa shape index (κ2) is 6.62. The van der Waals surface area contributed by atoms with Gasteiger partial charge < -0.3 is 5.32 Å². The molecule has 1 heterocycles. The van der Waals surface area contributed by atoms with Crippen molar-refractivity contribution in [2.24, 2.45) is 0 Å². The van der Waals surface area contributed by atoms with Gasteiger partial charge in [0, 0.05) is 5.69 Å². The summed E-state index contributed by atoms with van der Waals surface area (Å²) in [6, 6.07) is 9.94. The summed E-state index contributed by atoms with van der Waals surface area (Å²) in [7, 11) is 0. The number of halogens is 3. The number of para-hydroxylation sites is 1. The normalized spacial score (nSPS) is 12.8. The molecule has 0 spiro atoms. The number of hydrogen-bond donors (Lipinski definition) is 1. The number of carbonyl (C=O) groups excluding carboxylic acids is 1. The lowest BCUT2D eigenvalue weighted by Gasteiger charge is -2.15. The van der Waals surface area contributed by atoms with Crippen LogP contribution >= 0.6 is 0 Å². The molecule has 2 aromatic carbocycles. The van der Waals surface area contributed by atoms with E-state index in [1.165, 1.54) is 17.8 Å². The van der Waals surface area contributed by atoms with Crippen molar-refractivity contribution >= 4 is 22.5 Å². The summed E-state index contributed by atoms with van der Waals surface area (Å²) in [5.74, 6) is -0.538. The average molecular weight is 361 g/mol. The molecule has 8 heteroatoms. The monoisotopic (exact) mass is 361 g/mol.